The summed E-state index contributed by atoms with van der Waals surface area (Å²) >= 11 is 1.84. The molecule has 7 heteroatoms. The van der Waals surface area contributed by atoms with Crippen molar-refractivity contribution >= 4 is 17.7 Å². The average Bonchev–Trinajstić information content (AvgIpc) is 3.23. The molecule has 0 radical (unpaired) electrons. The number of nitrogens with zero attached hydrogens (tertiary/aromatic N) is 2. The van der Waals surface area contributed by atoms with Crippen LogP contribution in [0.15, 0.2) is 59.6 Å². The Morgan fingerprint density at radius 3 is 2.46 bits per heavy atom. The summed E-state index contributed by atoms with van der Waals surface area (Å²) < 4.78 is 13.1. The minimum Gasteiger partial charge on any atom is -0.497 e. The Labute approximate surface area is 211 Å². The van der Waals surface area contributed by atoms with Crippen LogP contribution in [-0.4, -0.2) is 46.9 Å². The molecule has 1 heterocycles. The highest BCUT2D eigenvalue weighted by atomic mass is 32.2. The lowest BCUT2D eigenvalue weighted by Gasteiger charge is -2.28. The van der Waals surface area contributed by atoms with Gasteiger partial charge in [0.2, 0.25) is 0 Å². The van der Waals surface area contributed by atoms with Crippen LogP contribution < -0.4 is 4.74 Å². The van der Waals surface area contributed by atoms with Crippen molar-refractivity contribution in [2.75, 3.05) is 26.1 Å². The van der Waals surface area contributed by atoms with Crippen molar-refractivity contribution in [3.05, 3.63) is 54.6 Å². The van der Waals surface area contributed by atoms with Gasteiger partial charge in [-0.15, -0.1) is 11.8 Å². The van der Waals surface area contributed by atoms with Gasteiger partial charge in [0.25, 0.3) is 0 Å². The number of aromatic nitrogens is 2. The van der Waals surface area contributed by atoms with Gasteiger partial charge in [0.05, 0.1) is 13.7 Å². The molecule has 1 N–H and O–H groups in total. The van der Waals surface area contributed by atoms with Crippen LogP contribution in [0, 0.1) is 11.8 Å². The van der Waals surface area contributed by atoms with Gasteiger partial charge >= 0.3 is 5.97 Å². The Bertz CT molecular complexity index is 1110. The minimum absolute atomic E-state index is 0.208. The largest absolute Gasteiger partial charge is 0.497 e. The van der Waals surface area contributed by atoms with Gasteiger partial charge in [0.1, 0.15) is 23.1 Å². The Morgan fingerprint density at radius 1 is 1.06 bits per heavy atom. The molecule has 0 aliphatic heterocycles. The normalized spacial score (nSPS) is 17.9. The molecule has 6 nitrogen and oxygen atoms in total. The molecule has 1 aromatic heterocycles. The molecular formula is C28H34N2O4S. The molecule has 0 unspecified atom stereocenters. The van der Waals surface area contributed by atoms with Gasteiger partial charge < -0.3 is 14.6 Å². The predicted octanol–water partition coefficient (Wildman–Crippen LogP) is 6.25. The lowest BCUT2D eigenvalue weighted by molar-refractivity contribution is -0.142. The second kappa shape index (κ2) is 12.3. The molecule has 1 fully saturated rings. The number of carbonyl (C=O) groups is 1. The van der Waals surface area contributed by atoms with Crippen molar-refractivity contribution < 1.29 is 19.4 Å². The van der Waals surface area contributed by atoms with Gasteiger partial charge in [-0.25, -0.2) is 4.79 Å². The maximum atomic E-state index is 10.7. The number of thioether (sulfide) groups is 1. The van der Waals surface area contributed by atoms with E-state index in [0.717, 1.165) is 66.1 Å². The monoisotopic (exact) mass is 494 g/mol. The zero-order valence-corrected chi connectivity index (χ0v) is 21.3. The van der Waals surface area contributed by atoms with E-state index in [2.05, 4.69) is 48.0 Å². The molecule has 0 atom stereocenters. The summed E-state index contributed by atoms with van der Waals surface area (Å²) in [6, 6.07) is 18.6. The lowest BCUT2D eigenvalue weighted by Crippen LogP contribution is -2.23. The first-order valence-corrected chi connectivity index (χ1v) is 13.3. The van der Waals surface area contributed by atoms with E-state index in [1.165, 1.54) is 5.03 Å². The standard InChI is InChI=1S/C28H34N2O4S/c1-3-35-28-26(23-10-7-11-24(16-23)33-2)27(22-8-5-4-6-9-22)29-30(28)17-20-12-14-21(15-13-20)18-34-19-25(31)32/h4-11,16,20-21H,3,12-15,17-19H2,1-2H3,(H,31,32). The van der Waals surface area contributed by atoms with Crippen LogP contribution in [0.5, 0.6) is 5.75 Å². The Balaban J connectivity index is 1.60. The van der Waals surface area contributed by atoms with E-state index in [1.54, 1.807) is 7.11 Å². The maximum Gasteiger partial charge on any atom is 0.329 e. The number of hydrogen-bond acceptors (Lipinski definition) is 5. The first kappa shape index (κ1) is 25.3. The molecule has 1 saturated carbocycles. The molecule has 0 saturated heterocycles. The van der Waals surface area contributed by atoms with Crippen molar-refractivity contribution in [3.8, 4) is 28.1 Å². The smallest absolute Gasteiger partial charge is 0.329 e. The summed E-state index contributed by atoms with van der Waals surface area (Å²) in [5.74, 6) is 1.89. The van der Waals surface area contributed by atoms with Crippen LogP contribution in [0.25, 0.3) is 22.4 Å². The van der Waals surface area contributed by atoms with Crippen molar-refractivity contribution in [2.45, 2.75) is 44.2 Å². The molecule has 3 aromatic rings. The number of methoxy groups -OCH3 is 1. The van der Waals surface area contributed by atoms with Crippen LogP contribution >= 0.6 is 11.8 Å². The van der Waals surface area contributed by atoms with Gasteiger partial charge in [-0.05, 0) is 61.0 Å². The molecule has 1 aliphatic carbocycles. The van der Waals surface area contributed by atoms with Crippen LogP contribution in [0.1, 0.15) is 32.6 Å². The van der Waals surface area contributed by atoms with E-state index in [9.17, 15) is 4.79 Å². The third-order valence-corrected chi connectivity index (χ3v) is 7.55. The van der Waals surface area contributed by atoms with Crippen molar-refractivity contribution in [1.29, 1.82) is 0 Å². The van der Waals surface area contributed by atoms with Gasteiger partial charge in [-0.1, -0.05) is 49.4 Å². The summed E-state index contributed by atoms with van der Waals surface area (Å²) in [6.45, 7) is 3.40. The number of carboxylic acid groups (broad SMARTS) is 1. The molecule has 0 spiro atoms. The van der Waals surface area contributed by atoms with Crippen LogP contribution in [-0.2, 0) is 16.1 Å². The van der Waals surface area contributed by atoms with Crippen molar-refractivity contribution in [2.24, 2.45) is 11.8 Å². The van der Waals surface area contributed by atoms with Crippen LogP contribution in [0.3, 0.4) is 0 Å². The summed E-state index contributed by atoms with van der Waals surface area (Å²) in [4.78, 5) is 10.7. The zero-order chi connectivity index (χ0) is 24.6. The Hall–Kier alpha value is -2.77. The number of aliphatic carboxylic acids is 1. The molecule has 4 rings (SSSR count). The fourth-order valence-electron chi connectivity index (χ4n) is 4.83. The number of rotatable bonds is 11. The average molecular weight is 495 g/mol. The predicted molar refractivity (Wildman–Crippen MR) is 140 cm³/mol. The fourth-order valence-corrected chi connectivity index (χ4v) is 5.73. The topological polar surface area (TPSA) is 73.6 Å². The number of carboxylic acids is 1. The highest BCUT2D eigenvalue weighted by Crippen LogP contribution is 2.41. The van der Waals surface area contributed by atoms with Crippen molar-refractivity contribution in [1.82, 2.24) is 9.78 Å². The molecule has 1 aliphatic rings. The number of ether oxygens (including phenoxy) is 2. The summed E-state index contributed by atoms with van der Waals surface area (Å²) in [7, 11) is 1.70. The van der Waals surface area contributed by atoms with Gasteiger partial charge in [-0.2, -0.15) is 5.10 Å². The summed E-state index contributed by atoms with van der Waals surface area (Å²) in [5.41, 5.74) is 4.40. The SMILES string of the molecule is CCSc1c(-c2cccc(OC)c2)c(-c2ccccc2)nn1CC1CCC(COCC(=O)O)CC1. The molecule has 186 valence electrons. The highest BCUT2D eigenvalue weighted by Gasteiger charge is 2.26. The second-order valence-corrected chi connectivity index (χ2v) is 10.3. The zero-order valence-electron chi connectivity index (χ0n) is 20.5. The Morgan fingerprint density at radius 2 is 1.77 bits per heavy atom. The molecule has 0 amide bonds. The number of benzene rings is 2. The molecular weight excluding hydrogens is 460 g/mol. The van der Waals surface area contributed by atoms with Crippen molar-refractivity contribution in [3.63, 3.8) is 0 Å². The van der Waals surface area contributed by atoms with Crippen LogP contribution in [0.2, 0.25) is 0 Å². The first-order chi connectivity index (χ1) is 17.1. The lowest BCUT2D eigenvalue weighted by atomic mass is 9.82. The van der Waals surface area contributed by atoms with E-state index < -0.39 is 5.97 Å². The Kier molecular flexibility index (Phi) is 8.88. The molecule has 2 aromatic carbocycles. The van der Waals surface area contributed by atoms with Gasteiger partial charge in [-0.3, -0.25) is 4.68 Å². The minimum atomic E-state index is -0.903. The van der Waals surface area contributed by atoms with E-state index in [4.69, 9.17) is 19.7 Å². The highest BCUT2D eigenvalue weighted by molar-refractivity contribution is 7.99. The maximum absolute atomic E-state index is 10.7. The van der Waals surface area contributed by atoms with Gasteiger partial charge in [0, 0.05) is 17.7 Å². The summed E-state index contributed by atoms with van der Waals surface area (Å²) in [5, 5.41) is 15.2. The summed E-state index contributed by atoms with van der Waals surface area (Å²) in [6.07, 6.45) is 4.34. The number of hydrogen-bond donors (Lipinski definition) is 1. The van der Waals surface area contributed by atoms with Gasteiger partial charge in [0.15, 0.2) is 0 Å². The second-order valence-electron chi connectivity index (χ2n) is 9.04. The molecule has 0 bridgehead atoms. The van der Waals surface area contributed by atoms with Crippen LogP contribution in [0.4, 0.5) is 0 Å². The third-order valence-electron chi connectivity index (χ3n) is 6.57. The van der Waals surface area contributed by atoms with E-state index in [1.807, 2.05) is 30.0 Å². The van der Waals surface area contributed by atoms with E-state index in [-0.39, 0.29) is 6.61 Å². The first-order valence-electron chi connectivity index (χ1n) is 12.3. The fraction of sp³-hybridized carbons (Fsp3) is 0.429. The van der Waals surface area contributed by atoms with E-state index in [0.29, 0.717) is 18.4 Å². The van der Waals surface area contributed by atoms with E-state index >= 15 is 0 Å². The third kappa shape index (κ3) is 6.47. The molecule has 35 heavy (non-hydrogen) atoms. The quantitative estimate of drug-likeness (QED) is 0.318.